The molecule has 2 rings (SSSR count). The molecular formula is C18H23N3O3. The first-order chi connectivity index (χ1) is 11.6. The van der Waals surface area contributed by atoms with Gasteiger partial charge in [0.15, 0.2) is 0 Å². The van der Waals surface area contributed by atoms with E-state index in [-0.39, 0.29) is 18.4 Å². The quantitative estimate of drug-likeness (QED) is 0.763. The van der Waals surface area contributed by atoms with Crippen LogP contribution in [0.1, 0.15) is 6.42 Å². The molecule has 0 spiro atoms. The van der Waals surface area contributed by atoms with Gasteiger partial charge in [0.05, 0.1) is 6.54 Å². The summed E-state index contributed by atoms with van der Waals surface area (Å²) in [5.41, 5.74) is 0. The molecule has 0 saturated carbocycles. The van der Waals surface area contributed by atoms with Crippen molar-refractivity contribution in [2.45, 2.75) is 6.42 Å². The molecule has 0 fully saturated rings. The van der Waals surface area contributed by atoms with E-state index in [4.69, 9.17) is 4.74 Å². The summed E-state index contributed by atoms with van der Waals surface area (Å²) in [6.07, 6.45) is 0.285. The van der Waals surface area contributed by atoms with Crippen LogP contribution >= 0.6 is 0 Å². The maximum Gasteiger partial charge on any atom is 0.314 e. The number of nitrogens with zero attached hydrogens (tertiary/aromatic N) is 1. The fraction of sp³-hybridized carbons (Fsp3) is 0.333. The van der Waals surface area contributed by atoms with Crippen LogP contribution in [0, 0.1) is 0 Å². The summed E-state index contributed by atoms with van der Waals surface area (Å²) >= 11 is 0. The molecular weight excluding hydrogens is 306 g/mol. The highest BCUT2D eigenvalue weighted by molar-refractivity contribution is 5.88. The molecule has 0 heterocycles. The molecule has 0 bridgehead atoms. The molecule has 0 unspecified atom stereocenters. The predicted molar refractivity (Wildman–Crippen MR) is 94.2 cm³/mol. The minimum Gasteiger partial charge on any atom is -0.491 e. The minimum atomic E-state index is -0.303. The number of ether oxygens (including phenoxy) is 1. The Bertz CT molecular complexity index is 695. The third-order valence-electron chi connectivity index (χ3n) is 3.52. The molecule has 3 amide bonds. The summed E-state index contributed by atoms with van der Waals surface area (Å²) in [5.74, 6) is 0.779. The Kier molecular flexibility index (Phi) is 6.42. The molecule has 2 aromatic rings. The van der Waals surface area contributed by atoms with Crippen LogP contribution in [-0.4, -0.2) is 50.6 Å². The first-order valence-electron chi connectivity index (χ1n) is 7.90. The van der Waals surface area contributed by atoms with Gasteiger partial charge in [0.25, 0.3) is 0 Å². The average molecular weight is 329 g/mol. The lowest BCUT2D eigenvalue weighted by molar-refractivity contribution is -0.128. The normalized spacial score (nSPS) is 10.2. The van der Waals surface area contributed by atoms with Crippen molar-refractivity contribution in [3.8, 4) is 5.75 Å². The zero-order valence-electron chi connectivity index (χ0n) is 14.0. The largest absolute Gasteiger partial charge is 0.491 e. The molecule has 0 aliphatic carbocycles. The Labute approximate surface area is 141 Å². The SMILES string of the molecule is CN(C)C(=O)CCNC(=O)NCCOc1cccc2ccccc12. The summed E-state index contributed by atoms with van der Waals surface area (Å²) in [4.78, 5) is 24.5. The van der Waals surface area contributed by atoms with Gasteiger partial charge in [-0.15, -0.1) is 0 Å². The molecule has 0 aliphatic rings. The zero-order chi connectivity index (χ0) is 17.4. The Morgan fingerprint density at radius 3 is 2.50 bits per heavy atom. The highest BCUT2D eigenvalue weighted by atomic mass is 16.5. The van der Waals surface area contributed by atoms with Crippen molar-refractivity contribution in [3.05, 3.63) is 42.5 Å². The van der Waals surface area contributed by atoms with Crippen LogP contribution < -0.4 is 15.4 Å². The second-order valence-corrected chi connectivity index (χ2v) is 5.55. The number of benzene rings is 2. The fourth-order valence-electron chi connectivity index (χ4n) is 2.22. The molecule has 24 heavy (non-hydrogen) atoms. The van der Waals surface area contributed by atoms with Crippen molar-refractivity contribution in [1.82, 2.24) is 15.5 Å². The second kappa shape index (κ2) is 8.76. The highest BCUT2D eigenvalue weighted by Gasteiger charge is 2.05. The van der Waals surface area contributed by atoms with E-state index >= 15 is 0 Å². The monoisotopic (exact) mass is 329 g/mol. The van der Waals surface area contributed by atoms with Crippen LogP contribution in [0.2, 0.25) is 0 Å². The first kappa shape index (κ1) is 17.6. The number of hydrogen-bond acceptors (Lipinski definition) is 3. The van der Waals surface area contributed by atoms with Gasteiger partial charge in [-0.05, 0) is 11.5 Å². The zero-order valence-corrected chi connectivity index (χ0v) is 14.0. The van der Waals surface area contributed by atoms with Gasteiger partial charge < -0.3 is 20.3 Å². The average Bonchev–Trinajstić information content (AvgIpc) is 2.58. The van der Waals surface area contributed by atoms with Crippen molar-refractivity contribution in [2.75, 3.05) is 33.8 Å². The second-order valence-electron chi connectivity index (χ2n) is 5.55. The molecule has 0 atom stereocenters. The van der Waals surface area contributed by atoms with Crippen molar-refractivity contribution < 1.29 is 14.3 Å². The number of carbonyl (C=O) groups is 2. The number of fused-ring (bicyclic) bond motifs is 1. The smallest absolute Gasteiger partial charge is 0.314 e. The van der Waals surface area contributed by atoms with Gasteiger partial charge in [0, 0.05) is 32.4 Å². The molecule has 2 N–H and O–H groups in total. The Morgan fingerprint density at radius 1 is 1.00 bits per heavy atom. The van der Waals surface area contributed by atoms with Gasteiger partial charge in [-0.2, -0.15) is 0 Å². The van der Waals surface area contributed by atoms with Crippen LogP contribution in [-0.2, 0) is 4.79 Å². The third-order valence-corrected chi connectivity index (χ3v) is 3.52. The van der Waals surface area contributed by atoms with Crippen LogP contribution in [0.5, 0.6) is 5.75 Å². The van der Waals surface area contributed by atoms with Crippen molar-refractivity contribution in [2.24, 2.45) is 0 Å². The molecule has 0 saturated heterocycles. The number of hydrogen-bond donors (Lipinski definition) is 2. The highest BCUT2D eigenvalue weighted by Crippen LogP contribution is 2.24. The third kappa shape index (κ3) is 5.15. The lowest BCUT2D eigenvalue weighted by Crippen LogP contribution is -2.39. The van der Waals surface area contributed by atoms with Gasteiger partial charge in [0.1, 0.15) is 12.4 Å². The summed E-state index contributed by atoms with van der Waals surface area (Å²) < 4.78 is 5.74. The van der Waals surface area contributed by atoms with Gasteiger partial charge in [-0.3, -0.25) is 4.79 Å². The standard InChI is InChI=1S/C18H23N3O3/c1-21(2)17(22)10-11-19-18(23)20-12-13-24-16-9-5-7-14-6-3-4-8-15(14)16/h3-9H,10-13H2,1-2H3,(H2,19,20,23). The van der Waals surface area contributed by atoms with E-state index < -0.39 is 0 Å². The lowest BCUT2D eigenvalue weighted by atomic mass is 10.1. The lowest BCUT2D eigenvalue weighted by Gasteiger charge is -2.12. The van der Waals surface area contributed by atoms with E-state index in [2.05, 4.69) is 10.6 Å². The number of rotatable bonds is 7. The van der Waals surface area contributed by atoms with E-state index in [1.54, 1.807) is 14.1 Å². The molecule has 0 aliphatic heterocycles. The van der Waals surface area contributed by atoms with E-state index in [0.717, 1.165) is 16.5 Å². The minimum absolute atomic E-state index is 0.0189. The molecule has 0 radical (unpaired) electrons. The summed E-state index contributed by atoms with van der Waals surface area (Å²) in [7, 11) is 3.38. The summed E-state index contributed by atoms with van der Waals surface area (Å²) in [6.45, 7) is 1.07. The van der Waals surface area contributed by atoms with Crippen molar-refractivity contribution in [1.29, 1.82) is 0 Å². The first-order valence-corrected chi connectivity index (χ1v) is 7.90. The van der Waals surface area contributed by atoms with Crippen LogP contribution in [0.4, 0.5) is 4.79 Å². The van der Waals surface area contributed by atoms with E-state index in [1.165, 1.54) is 4.90 Å². The van der Waals surface area contributed by atoms with E-state index in [0.29, 0.717) is 19.7 Å². The molecule has 0 aromatic heterocycles. The fourth-order valence-corrected chi connectivity index (χ4v) is 2.22. The topological polar surface area (TPSA) is 70.7 Å². The van der Waals surface area contributed by atoms with Gasteiger partial charge >= 0.3 is 6.03 Å². The maximum absolute atomic E-state index is 11.6. The summed E-state index contributed by atoms with van der Waals surface area (Å²) in [6, 6.07) is 13.6. The van der Waals surface area contributed by atoms with Gasteiger partial charge in [-0.25, -0.2) is 4.79 Å². The molecule has 6 nitrogen and oxygen atoms in total. The van der Waals surface area contributed by atoms with Gasteiger partial charge in [0.2, 0.25) is 5.91 Å². The van der Waals surface area contributed by atoms with Crippen LogP contribution in [0.3, 0.4) is 0 Å². The van der Waals surface area contributed by atoms with Crippen molar-refractivity contribution >= 4 is 22.7 Å². The summed E-state index contributed by atoms with van der Waals surface area (Å²) in [5, 5.41) is 7.51. The Hall–Kier alpha value is -2.76. The predicted octanol–water partition coefficient (Wildman–Crippen LogP) is 2.00. The van der Waals surface area contributed by atoms with E-state index in [9.17, 15) is 9.59 Å². The van der Waals surface area contributed by atoms with Crippen LogP contribution in [0.15, 0.2) is 42.5 Å². The number of urea groups is 1. The maximum atomic E-state index is 11.6. The number of amides is 3. The van der Waals surface area contributed by atoms with Crippen LogP contribution in [0.25, 0.3) is 10.8 Å². The van der Waals surface area contributed by atoms with E-state index in [1.807, 2.05) is 42.5 Å². The molecule has 2 aromatic carbocycles. The van der Waals surface area contributed by atoms with Gasteiger partial charge in [-0.1, -0.05) is 36.4 Å². The molecule has 128 valence electrons. The van der Waals surface area contributed by atoms with Crippen molar-refractivity contribution in [3.63, 3.8) is 0 Å². The Balaban J connectivity index is 1.69. The molecule has 6 heteroatoms. The Morgan fingerprint density at radius 2 is 1.71 bits per heavy atom. The number of nitrogens with one attached hydrogen (secondary N) is 2. The number of carbonyl (C=O) groups excluding carboxylic acids is 2.